The van der Waals surface area contributed by atoms with E-state index in [-0.39, 0.29) is 11.8 Å². The molecule has 4 aromatic rings. The van der Waals surface area contributed by atoms with Crippen LogP contribution in [0.1, 0.15) is 34.1 Å². The maximum atomic E-state index is 6.07. The zero-order valence-electron chi connectivity index (χ0n) is 23.3. The lowest BCUT2D eigenvalue weighted by Crippen LogP contribution is -2.07. The van der Waals surface area contributed by atoms with Crippen molar-refractivity contribution in [1.82, 2.24) is 9.97 Å². The van der Waals surface area contributed by atoms with Crippen molar-refractivity contribution in [2.75, 3.05) is 27.4 Å². The van der Waals surface area contributed by atoms with Crippen LogP contribution >= 0.6 is 9.24 Å². The number of hydrogen-bond acceptors (Lipinski definition) is 8. The van der Waals surface area contributed by atoms with Crippen LogP contribution in [0.5, 0.6) is 11.5 Å². The first-order valence-corrected chi connectivity index (χ1v) is 13.9. The van der Waals surface area contributed by atoms with E-state index in [1.54, 1.807) is 39.0 Å². The van der Waals surface area contributed by atoms with Crippen molar-refractivity contribution in [1.29, 1.82) is 0 Å². The molecule has 4 rings (SSSR count). The van der Waals surface area contributed by atoms with E-state index in [1.165, 1.54) is 0 Å². The minimum atomic E-state index is -0.143. The second-order valence-electron chi connectivity index (χ2n) is 9.14. The molecule has 0 bridgehead atoms. The third-order valence-electron chi connectivity index (χ3n) is 6.08. The van der Waals surface area contributed by atoms with Gasteiger partial charge in [-0.05, 0) is 41.0 Å². The summed E-state index contributed by atoms with van der Waals surface area (Å²) in [7, 11) is 5.92. The molecule has 0 radical (unpaired) electrons. The quantitative estimate of drug-likeness (QED) is 0.134. The van der Waals surface area contributed by atoms with Crippen molar-refractivity contribution in [3.8, 4) is 11.5 Å². The van der Waals surface area contributed by atoms with E-state index in [1.807, 2.05) is 42.5 Å². The van der Waals surface area contributed by atoms with Crippen LogP contribution in [0, 0.1) is 0 Å². The molecule has 0 saturated carbocycles. The molecule has 0 aliphatic rings. The van der Waals surface area contributed by atoms with E-state index in [9.17, 15) is 0 Å². The molecule has 0 aliphatic heterocycles. The Morgan fingerprint density at radius 3 is 1.73 bits per heavy atom. The lowest BCUT2D eigenvalue weighted by atomic mass is 10.1. The van der Waals surface area contributed by atoms with Gasteiger partial charge < -0.3 is 18.9 Å². The van der Waals surface area contributed by atoms with Gasteiger partial charge in [0.1, 0.15) is 11.5 Å². The number of ether oxygens (including phenoxy) is 4. The Balaban J connectivity index is 1.22. The fourth-order valence-electron chi connectivity index (χ4n) is 3.78. The van der Waals surface area contributed by atoms with E-state index >= 15 is 0 Å². The standard InChI is InChI=1S/C32H35N4O4P/c1-37-29-14-12-27(33-18-29)16-35-31(26-6-4-3-5-7-26)22-39-20-24-8-10-25(11-9-24)21-40-23-32(41)36-17-28-13-15-30(38-2)19-34-28/h3-19,31-32H,20-23,41H2,1-2H3. The van der Waals surface area contributed by atoms with Gasteiger partial charge in [0, 0.05) is 12.4 Å². The number of rotatable bonds is 15. The molecule has 8 nitrogen and oxygen atoms in total. The van der Waals surface area contributed by atoms with Crippen molar-refractivity contribution >= 4 is 21.7 Å². The third kappa shape index (κ3) is 10.2. The molecule has 9 heteroatoms. The molecule has 0 aliphatic carbocycles. The molecule has 0 saturated heterocycles. The summed E-state index contributed by atoms with van der Waals surface area (Å²) in [6, 6.07) is 25.7. The van der Waals surface area contributed by atoms with Gasteiger partial charge in [0.15, 0.2) is 0 Å². The monoisotopic (exact) mass is 570 g/mol. The minimum absolute atomic E-state index is 0.0627. The van der Waals surface area contributed by atoms with E-state index in [0.717, 1.165) is 33.8 Å². The molecule has 3 atom stereocenters. The van der Waals surface area contributed by atoms with Crippen molar-refractivity contribution < 1.29 is 18.9 Å². The van der Waals surface area contributed by atoms with Gasteiger partial charge in [-0.1, -0.05) is 54.6 Å². The Bertz CT molecular complexity index is 1370. The van der Waals surface area contributed by atoms with Crippen LogP contribution in [0.2, 0.25) is 0 Å². The maximum Gasteiger partial charge on any atom is 0.137 e. The second-order valence-corrected chi connectivity index (χ2v) is 9.91. The van der Waals surface area contributed by atoms with Gasteiger partial charge in [0.25, 0.3) is 0 Å². The number of benzene rings is 2. The molecule has 0 amide bonds. The van der Waals surface area contributed by atoms with Crippen LogP contribution in [0.4, 0.5) is 0 Å². The van der Waals surface area contributed by atoms with Crippen LogP contribution in [-0.2, 0) is 22.7 Å². The van der Waals surface area contributed by atoms with Crippen molar-refractivity contribution in [2.45, 2.75) is 25.0 Å². The van der Waals surface area contributed by atoms with Crippen molar-refractivity contribution in [3.63, 3.8) is 0 Å². The molecule has 212 valence electrons. The first-order valence-electron chi connectivity index (χ1n) is 13.2. The van der Waals surface area contributed by atoms with Crippen molar-refractivity contribution in [3.05, 3.63) is 119 Å². The van der Waals surface area contributed by atoms with Gasteiger partial charge in [-0.2, -0.15) is 0 Å². The molecular weight excluding hydrogens is 535 g/mol. The first kappa shape index (κ1) is 30.0. The summed E-state index contributed by atoms with van der Waals surface area (Å²) in [5, 5.41) is 0. The third-order valence-corrected chi connectivity index (χ3v) is 6.45. The van der Waals surface area contributed by atoms with Gasteiger partial charge in [0.05, 0.1) is 76.3 Å². The fourth-order valence-corrected chi connectivity index (χ4v) is 4.00. The Morgan fingerprint density at radius 1 is 0.683 bits per heavy atom. The Labute approximate surface area is 243 Å². The second kappa shape index (κ2) is 16.3. The SMILES string of the molecule is COc1ccc(C=NC(P)COCc2ccc(COCC(N=Cc3ccc(OC)cn3)c3ccccc3)cc2)nc1. The Morgan fingerprint density at radius 2 is 1.22 bits per heavy atom. The Hall–Kier alpha value is -3.97. The summed E-state index contributed by atoms with van der Waals surface area (Å²) in [4.78, 5) is 17.9. The number of hydrogen-bond donors (Lipinski definition) is 0. The largest absolute Gasteiger partial charge is 0.495 e. The average molecular weight is 571 g/mol. The van der Waals surface area contributed by atoms with Gasteiger partial charge in [-0.15, -0.1) is 9.24 Å². The fraction of sp³-hybridized carbons (Fsp3) is 0.250. The predicted molar refractivity (Wildman–Crippen MR) is 165 cm³/mol. The zero-order valence-corrected chi connectivity index (χ0v) is 24.5. The highest BCUT2D eigenvalue weighted by Crippen LogP contribution is 2.19. The highest BCUT2D eigenvalue weighted by molar-refractivity contribution is 7.17. The summed E-state index contributed by atoms with van der Waals surface area (Å²) < 4.78 is 22.2. The average Bonchev–Trinajstić information content (AvgIpc) is 3.03. The van der Waals surface area contributed by atoms with E-state index in [0.29, 0.717) is 32.2 Å². The van der Waals surface area contributed by atoms with Crippen LogP contribution < -0.4 is 9.47 Å². The molecule has 2 aromatic carbocycles. The van der Waals surface area contributed by atoms with Crippen LogP contribution in [-0.4, -0.2) is 55.6 Å². The topological polar surface area (TPSA) is 87.4 Å². The number of nitrogens with zero attached hydrogens (tertiary/aromatic N) is 4. The molecule has 41 heavy (non-hydrogen) atoms. The number of aromatic nitrogens is 2. The number of aliphatic imine (C=N–C) groups is 2. The van der Waals surface area contributed by atoms with Gasteiger partial charge in [-0.25, -0.2) is 0 Å². The van der Waals surface area contributed by atoms with E-state index in [2.05, 4.69) is 60.6 Å². The summed E-state index contributed by atoms with van der Waals surface area (Å²) in [5.74, 6) is 1.37. The van der Waals surface area contributed by atoms with E-state index in [4.69, 9.17) is 23.9 Å². The first-order chi connectivity index (χ1) is 20.1. The highest BCUT2D eigenvalue weighted by atomic mass is 31.0. The molecule has 0 fully saturated rings. The number of pyridine rings is 2. The van der Waals surface area contributed by atoms with Gasteiger partial charge in [0.2, 0.25) is 0 Å². The summed E-state index contributed by atoms with van der Waals surface area (Å²) in [6.07, 6.45) is 6.86. The summed E-state index contributed by atoms with van der Waals surface area (Å²) in [6.45, 7) is 1.92. The molecule has 2 heterocycles. The minimum Gasteiger partial charge on any atom is -0.495 e. The Kier molecular flexibility index (Phi) is 11.9. The zero-order chi connectivity index (χ0) is 28.7. The smallest absolute Gasteiger partial charge is 0.137 e. The molecule has 3 unspecified atom stereocenters. The van der Waals surface area contributed by atoms with Gasteiger partial charge >= 0.3 is 0 Å². The summed E-state index contributed by atoms with van der Waals surface area (Å²) >= 11 is 0. The normalized spacial score (nSPS) is 13.0. The van der Waals surface area contributed by atoms with Crippen molar-refractivity contribution in [2.24, 2.45) is 9.98 Å². The molecule has 2 aromatic heterocycles. The molecule has 0 N–H and O–H groups in total. The van der Waals surface area contributed by atoms with E-state index < -0.39 is 0 Å². The molecular formula is C32H35N4O4P. The maximum absolute atomic E-state index is 6.07. The summed E-state index contributed by atoms with van der Waals surface area (Å²) in [5.41, 5.74) is 4.79. The lowest BCUT2D eigenvalue weighted by molar-refractivity contribution is 0.108. The van der Waals surface area contributed by atoms with Crippen LogP contribution in [0.25, 0.3) is 0 Å². The number of methoxy groups -OCH3 is 2. The van der Waals surface area contributed by atoms with Crippen LogP contribution in [0.15, 0.2) is 101 Å². The molecule has 0 spiro atoms. The van der Waals surface area contributed by atoms with Crippen LogP contribution in [0.3, 0.4) is 0 Å². The van der Waals surface area contributed by atoms with Gasteiger partial charge in [-0.3, -0.25) is 20.0 Å². The lowest BCUT2D eigenvalue weighted by Gasteiger charge is -2.14. The highest BCUT2D eigenvalue weighted by Gasteiger charge is 2.10. The predicted octanol–water partition coefficient (Wildman–Crippen LogP) is 5.71.